The summed E-state index contributed by atoms with van der Waals surface area (Å²) in [6.07, 6.45) is 0.447. The fourth-order valence-corrected chi connectivity index (χ4v) is 1.58. The minimum Gasteiger partial charge on any atom is -0.370 e. The van der Waals surface area contributed by atoms with Crippen molar-refractivity contribution in [2.75, 3.05) is 0 Å². The van der Waals surface area contributed by atoms with Gasteiger partial charge in [-0.3, -0.25) is 9.59 Å². The number of hydrogen-bond acceptors (Lipinski definition) is 5. The lowest BCUT2D eigenvalue weighted by Crippen LogP contribution is -2.27. The molecule has 0 aromatic carbocycles. The molecule has 0 spiro atoms. The van der Waals surface area contributed by atoms with Crippen molar-refractivity contribution in [1.82, 2.24) is 25.5 Å². The summed E-state index contributed by atoms with van der Waals surface area (Å²) in [5, 5.41) is 14.7. The van der Waals surface area contributed by atoms with Gasteiger partial charge in [0.05, 0.1) is 12.1 Å². The van der Waals surface area contributed by atoms with E-state index in [1.165, 1.54) is 4.80 Å². The van der Waals surface area contributed by atoms with Crippen LogP contribution in [-0.2, 0) is 21.7 Å². The molecular weight excluding hydrogens is 260 g/mol. The van der Waals surface area contributed by atoms with E-state index in [1.807, 2.05) is 20.8 Å². The van der Waals surface area contributed by atoms with Gasteiger partial charge in [0.25, 0.3) is 0 Å². The van der Waals surface area contributed by atoms with Gasteiger partial charge in [-0.1, -0.05) is 6.92 Å². The van der Waals surface area contributed by atoms with Crippen LogP contribution in [0.25, 0.3) is 0 Å². The first-order valence-electron chi connectivity index (χ1n) is 6.53. The van der Waals surface area contributed by atoms with Crippen LogP contribution < -0.4 is 11.1 Å². The van der Waals surface area contributed by atoms with E-state index in [1.54, 1.807) is 6.92 Å². The van der Waals surface area contributed by atoms with E-state index in [2.05, 4.69) is 20.7 Å². The Labute approximate surface area is 118 Å². The summed E-state index contributed by atoms with van der Waals surface area (Å²) in [6.45, 7) is 7.91. The van der Waals surface area contributed by atoms with Crippen LogP contribution in [0.3, 0.4) is 0 Å². The van der Waals surface area contributed by atoms with E-state index < -0.39 is 5.91 Å². The van der Waals surface area contributed by atoms with Crippen molar-refractivity contribution < 1.29 is 9.59 Å². The van der Waals surface area contributed by atoms with Gasteiger partial charge in [-0.15, -0.1) is 10.2 Å². The van der Waals surface area contributed by atoms with Gasteiger partial charge in [-0.2, -0.15) is 4.80 Å². The number of nitrogens with two attached hydrogens (primary N) is 1. The quantitative estimate of drug-likeness (QED) is 0.758. The SMILES string of the molecule is C[C@H](CC(N)=O)CC(=O)NCc1nnn(C(C)(C)C)n1. The molecule has 3 N–H and O–H groups in total. The number of tetrazole rings is 1. The van der Waals surface area contributed by atoms with Gasteiger partial charge < -0.3 is 11.1 Å². The number of nitrogens with one attached hydrogen (secondary N) is 1. The number of carbonyl (C=O) groups is 2. The molecule has 1 aromatic rings. The van der Waals surface area contributed by atoms with E-state index in [0.717, 1.165) is 0 Å². The van der Waals surface area contributed by atoms with Gasteiger partial charge in [-0.25, -0.2) is 0 Å². The fraction of sp³-hybridized carbons (Fsp3) is 0.750. The first kappa shape index (κ1) is 16.1. The Kier molecular flexibility index (Phi) is 5.18. The molecule has 112 valence electrons. The molecule has 1 atom stereocenters. The van der Waals surface area contributed by atoms with Crippen molar-refractivity contribution in [1.29, 1.82) is 0 Å². The third-order valence-corrected chi connectivity index (χ3v) is 2.58. The Bertz CT molecular complexity index is 477. The third-order valence-electron chi connectivity index (χ3n) is 2.58. The average molecular weight is 282 g/mol. The number of rotatable bonds is 6. The molecule has 1 rings (SSSR count). The fourth-order valence-electron chi connectivity index (χ4n) is 1.58. The van der Waals surface area contributed by atoms with Crippen molar-refractivity contribution in [3.8, 4) is 0 Å². The topological polar surface area (TPSA) is 116 Å². The maximum Gasteiger partial charge on any atom is 0.220 e. The van der Waals surface area contributed by atoms with Crippen LogP contribution in [0.2, 0.25) is 0 Å². The van der Waals surface area contributed by atoms with E-state index in [0.29, 0.717) is 5.82 Å². The number of hydrogen-bond donors (Lipinski definition) is 2. The maximum atomic E-state index is 11.7. The summed E-state index contributed by atoms with van der Waals surface area (Å²) >= 11 is 0. The number of amides is 2. The molecular formula is C12H22N6O2. The first-order chi connectivity index (χ1) is 9.18. The third kappa shape index (κ3) is 5.33. The molecule has 0 saturated carbocycles. The molecule has 1 aromatic heterocycles. The van der Waals surface area contributed by atoms with Gasteiger partial charge in [0, 0.05) is 12.8 Å². The average Bonchev–Trinajstić information content (AvgIpc) is 2.73. The van der Waals surface area contributed by atoms with Gasteiger partial charge >= 0.3 is 0 Å². The summed E-state index contributed by atoms with van der Waals surface area (Å²) in [5.74, 6) is -0.188. The number of nitrogens with zero attached hydrogens (tertiary/aromatic N) is 4. The van der Waals surface area contributed by atoms with E-state index >= 15 is 0 Å². The molecule has 0 bridgehead atoms. The zero-order chi connectivity index (χ0) is 15.3. The second kappa shape index (κ2) is 6.44. The van der Waals surface area contributed by atoms with Crippen LogP contribution in [-0.4, -0.2) is 32.0 Å². The van der Waals surface area contributed by atoms with Crippen LogP contribution in [0, 0.1) is 5.92 Å². The minimum atomic E-state index is -0.403. The standard InChI is InChI=1S/C12H22N6O2/c1-8(5-9(13)19)6-11(20)14-7-10-15-17-18(16-10)12(2,3)4/h8H,5-7H2,1-4H3,(H2,13,19)(H,14,20)/t8-/m1/s1. The highest BCUT2D eigenvalue weighted by molar-refractivity contribution is 5.78. The van der Waals surface area contributed by atoms with E-state index in [-0.39, 0.29) is 36.8 Å². The Morgan fingerprint density at radius 1 is 1.35 bits per heavy atom. The molecule has 0 unspecified atom stereocenters. The predicted octanol–water partition coefficient (Wildman–Crippen LogP) is -0.0541. The highest BCUT2D eigenvalue weighted by Crippen LogP contribution is 2.09. The van der Waals surface area contributed by atoms with Crippen molar-refractivity contribution in [3.05, 3.63) is 5.82 Å². The molecule has 1 heterocycles. The minimum absolute atomic E-state index is 0.0780. The molecule has 0 fully saturated rings. The summed E-state index contributed by atoms with van der Waals surface area (Å²) in [6, 6.07) is 0. The van der Waals surface area contributed by atoms with Crippen LogP contribution in [0.5, 0.6) is 0 Å². The lowest BCUT2D eigenvalue weighted by Gasteiger charge is -2.15. The number of primary amides is 1. The molecule has 8 heteroatoms. The van der Waals surface area contributed by atoms with Crippen molar-refractivity contribution in [2.45, 2.75) is 52.6 Å². The Hall–Kier alpha value is -1.99. The maximum absolute atomic E-state index is 11.7. The van der Waals surface area contributed by atoms with Gasteiger partial charge in [-0.05, 0) is 31.9 Å². The van der Waals surface area contributed by atoms with Crippen molar-refractivity contribution in [3.63, 3.8) is 0 Å². The van der Waals surface area contributed by atoms with Crippen molar-refractivity contribution in [2.24, 2.45) is 11.7 Å². The lowest BCUT2D eigenvalue weighted by molar-refractivity contribution is -0.122. The van der Waals surface area contributed by atoms with Crippen LogP contribution >= 0.6 is 0 Å². The molecule has 0 aliphatic carbocycles. The number of carbonyl (C=O) groups excluding carboxylic acids is 2. The van der Waals surface area contributed by atoms with E-state index in [4.69, 9.17) is 5.73 Å². The molecule has 20 heavy (non-hydrogen) atoms. The summed E-state index contributed by atoms with van der Waals surface area (Å²) in [5.41, 5.74) is 4.83. The summed E-state index contributed by atoms with van der Waals surface area (Å²) < 4.78 is 0. The Morgan fingerprint density at radius 2 is 2.00 bits per heavy atom. The summed E-state index contributed by atoms with van der Waals surface area (Å²) in [4.78, 5) is 23.9. The van der Waals surface area contributed by atoms with Crippen LogP contribution in [0.1, 0.15) is 46.4 Å². The van der Waals surface area contributed by atoms with Crippen molar-refractivity contribution >= 4 is 11.8 Å². The normalized spacial score (nSPS) is 13.0. The van der Waals surface area contributed by atoms with E-state index in [9.17, 15) is 9.59 Å². The van der Waals surface area contributed by atoms with Gasteiger partial charge in [0.1, 0.15) is 0 Å². The predicted molar refractivity (Wildman–Crippen MR) is 72.3 cm³/mol. The second-order valence-electron chi connectivity index (χ2n) is 5.92. The highest BCUT2D eigenvalue weighted by Gasteiger charge is 2.17. The molecule has 0 aliphatic heterocycles. The highest BCUT2D eigenvalue weighted by atomic mass is 16.2. The molecule has 0 aliphatic rings. The van der Waals surface area contributed by atoms with Crippen LogP contribution in [0.4, 0.5) is 0 Å². The Balaban J connectivity index is 2.41. The Morgan fingerprint density at radius 3 is 2.50 bits per heavy atom. The monoisotopic (exact) mass is 282 g/mol. The zero-order valence-corrected chi connectivity index (χ0v) is 12.4. The van der Waals surface area contributed by atoms with Gasteiger partial charge in [0.2, 0.25) is 11.8 Å². The molecule has 0 saturated heterocycles. The molecule has 0 radical (unpaired) electrons. The van der Waals surface area contributed by atoms with Crippen LogP contribution in [0.15, 0.2) is 0 Å². The smallest absolute Gasteiger partial charge is 0.220 e. The zero-order valence-electron chi connectivity index (χ0n) is 12.4. The lowest BCUT2D eigenvalue weighted by atomic mass is 10.0. The van der Waals surface area contributed by atoms with Gasteiger partial charge in [0.15, 0.2) is 5.82 Å². The number of aromatic nitrogens is 4. The second-order valence-corrected chi connectivity index (χ2v) is 5.92. The molecule has 2 amide bonds. The summed E-state index contributed by atoms with van der Waals surface area (Å²) in [7, 11) is 0. The first-order valence-corrected chi connectivity index (χ1v) is 6.53. The largest absolute Gasteiger partial charge is 0.370 e. The molecule has 8 nitrogen and oxygen atoms in total.